The van der Waals surface area contributed by atoms with Gasteiger partial charge in [0.2, 0.25) is 0 Å². The lowest BCUT2D eigenvalue weighted by Crippen LogP contribution is -2.56. The molecule has 0 saturated heterocycles. The third-order valence-corrected chi connectivity index (χ3v) is 6.52. The highest BCUT2D eigenvalue weighted by atomic mass is 19.4. The Balaban J connectivity index is 1.62. The maximum Gasteiger partial charge on any atom is 0.573 e. The number of nitrogens with zero attached hydrogens (tertiary/aromatic N) is 3. The molecule has 3 atom stereocenters. The molecule has 4 aromatic rings. The monoisotopic (exact) mass is 590 g/mol. The number of nitrogens with one attached hydrogen (secondary N) is 1. The van der Waals surface area contributed by atoms with E-state index in [1.807, 2.05) is 30.3 Å². The topological polar surface area (TPSA) is 98.5 Å². The summed E-state index contributed by atoms with van der Waals surface area (Å²) in [6.07, 6.45) is -2.38. The maximum absolute atomic E-state index is 15.0. The summed E-state index contributed by atoms with van der Waals surface area (Å²) in [4.78, 5) is 17.4. The molecule has 0 unspecified atom stereocenters. The summed E-state index contributed by atoms with van der Waals surface area (Å²) < 4.78 is 77.4. The first kappa shape index (κ1) is 30.8. The Morgan fingerprint density at radius 1 is 1.05 bits per heavy atom. The molecular weight excluding hydrogens is 563 g/mol. The molecule has 0 radical (unpaired) electrons. The number of ether oxygens (including phenoxy) is 2. The lowest BCUT2D eigenvalue weighted by atomic mass is 9.85. The van der Waals surface area contributed by atoms with Crippen molar-refractivity contribution in [3.05, 3.63) is 114 Å². The standard InChI is InChI=1S/C29H27F5N4O4/c1-19(28(40,16-38-18-35-17-36-38)24-12-9-22(30)13-25(24)31)37-26(15-41-14-20-5-3-2-4-6-20)27(39)21-7-10-23(11-8-21)42-29(32,33)34/h2-13,17-19,26,37,40H,14-16H2,1H3/t19-,26-,28-/m1/s1. The van der Waals surface area contributed by atoms with E-state index in [0.29, 0.717) is 6.07 Å². The number of ketones is 1. The van der Waals surface area contributed by atoms with Crippen LogP contribution in [0.1, 0.15) is 28.4 Å². The van der Waals surface area contributed by atoms with Crippen molar-refractivity contribution in [2.75, 3.05) is 6.61 Å². The van der Waals surface area contributed by atoms with E-state index in [1.165, 1.54) is 36.4 Å². The molecule has 0 amide bonds. The number of benzene rings is 3. The highest BCUT2D eigenvalue weighted by Gasteiger charge is 2.41. The average Bonchev–Trinajstić information content (AvgIpc) is 3.45. The smallest absolute Gasteiger partial charge is 0.406 e. The molecule has 0 spiro atoms. The first-order valence-electron chi connectivity index (χ1n) is 12.7. The first-order chi connectivity index (χ1) is 19.9. The third-order valence-electron chi connectivity index (χ3n) is 6.52. The van der Waals surface area contributed by atoms with Crippen molar-refractivity contribution in [1.29, 1.82) is 0 Å². The fourth-order valence-electron chi connectivity index (χ4n) is 4.39. The van der Waals surface area contributed by atoms with Crippen LogP contribution in [0, 0.1) is 11.6 Å². The summed E-state index contributed by atoms with van der Waals surface area (Å²) in [5, 5.41) is 18.8. The zero-order chi connectivity index (χ0) is 30.3. The number of alkyl halides is 3. The molecule has 1 heterocycles. The van der Waals surface area contributed by atoms with Gasteiger partial charge in [-0.05, 0) is 42.8 Å². The summed E-state index contributed by atoms with van der Waals surface area (Å²) >= 11 is 0. The molecule has 1 aromatic heterocycles. The number of aromatic nitrogens is 3. The van der Waals surface area contributed by atoms with Crippen molar-refractivity contribution in [2.45, 2.75) is 44.1 Å². The Kier molecular flexibility index (Phi) is 9.66. The average molecular weight is 591 g/mol. The predicted octanol–water partition coefficient (Wildman–Crippen LogP) is 4.79. The van der Waals surface area contributed by atoms with Crippen molar-refractivity contribution >= 4 is 5.78 Å². The summed E-state index contributed by atoms with van der Waals surface area (Å²) in [5.41, 5.74) is -1.48. The second kappa shape index (κ2) is 13.2. The van der Waals surface area contributed by atoms with Gasteiger partial charge in [-0.3, -0.25) is 10.1 Å². The summed E-state index contributed by atoms with van der Waals surface area (Å²) in [7, 11) is 0. The van der Waals surface area contributed by atoms with Crippen LogP contribution in [0.3, 0.4) is 0 Å². The van der Waals surface area contributed by atoms with E-state index in [4.69, 9.17) is 4.74 Å². The van der Waals surface area contributed by atoms with Gasteiger partial charge in [-0.25, -0.2) is 18.4 Å². The lowest BCUT2D eigenvalue weighted by Gasteiger charge is -2.37. The molecule has 4 rings (SSSR count). The Bertz CT molecular complexity index is 1450. The van der Waals surface area contributed by atoms with Crippen LogP contribution < -0.4 is 10.1 Å². The van der Waals surface area contributed by atoms with Gasteiger partial charge in [-0.15, -0.1) is 13.2 Å². The largest absolute Gasteiger partial charge is 0.573 e. The minimum atomic E-state index is -4.90. The van der Waals surface area contributed by atoms with Crippen LogP contribution in [-0.4, -0.2) is 50.7 Å². The zero-order valence-corrected chi connectivity index (χ0v) is 22.3. The second-order valence-electron chi connectivity index (χ2n) is 9.52. The van der Waals surface area contributed by atoms with Crippen LogP contribution in [-0.2, 0) is 23.5 Å². The zero-order valence-electron chi connectivity index (χ0n) is 22.3. The van der Waals surface area contributed by atoms with Crippen LogP contribution in [0.25, 0.3) is 0 Å². The van der Waals surface area contributed by atoms with Crippen LogP contribution in [0.2, 0.25) is 0 Å². The van der Waals surface area contributed by atoms with Gasteiger partial charge in [0.1, 0.15) is 35.6 Å². The van der Waals surface area contributed by atoms with E-state index >= 15 is 0 Å². The molecule has 8 nitrogen and oxygen atoms in total. The molecular formula is C29H27F5N4O4. The Labute approximate surface area is 237 Å². The first-order valence-corrected chi connectivity index (χ1v) is 12.7. The van der Waals surface area contributed by atoms with Crippen LogP contribution in [0.5, 0.6) is 5.75 Å². The number of Topliss-reactive ketones (excluding diaryl/α,β-unsaturated/α-hetero) is 1. The molecule has 3 aromatic carbocycles. The quantitative estimate of drug-likeness (QED) is 0.171. The molecule has 0 saturated carbocycles. The minimum Gasteiger partial charge on any atom is -0.406 e. The van der Waals surface area contributed by atoms with Gasteiger partial charge in [-0.2, -0.15) is 5.10 Å². The second-order valence-corrected chi connectivity index (χ2v) is 9.52. The number of aliphatic hydroxyl groups is 1. The SMILES string of the molecule is C[C@@H](N[C@H](COCc1ccccc1)C(=O)c1ccc(OC(F)(F)F)cc1)[C@](O)(Cn1cncn1)c1ccc(F)cc1F. The maximum atomic E-state index is 15.0. The Hall–Kier alpha value is -4.20. The van der Waals surface area contributed by atoms with E-state index < -0.39 is 47.2 Å². The van der Waals surface area contributed by atoms with Crippen molar-refractivity contribution in [3.8, 4) is 5.75 Å². The third kappa shape index (κ3) is 7.96. The van der Waals surface area contributed by atoms with Gasteiger partial charge in [-0.1, -0.05) is 36.4 Å². The van der Waals surface area contributed by atoms with Crippen molar-refractivity contribution in [2.24, 2.45) is 0 Å². The van der Waals surface area contributed by atoms with Crippen LogP contribution >= 0.6 is 0 Å². The lowest BCUT2D eigenvalue weighted by molar-refractivity contribution is -0.274. The highest BCUT2D eigenvalue weighted by Crippen LogP contribution is 2.31. The summed E-state index contributed by atoms with van der Waals surface area (Å²) in [6.45, 7) is 1.09. The van der Waals surface area contributed by atoms with Crippen molar-refractivity contribution in [1.82, 2.24) is 20.1 Å². The number of hydrogen-bond acceptors (Lipinski definition) is 7. The van der Waals surface area contributed by atoms with E-state index in [1.54, 1.807) is 0 Å². The van der Waals surface area contributed by atoms with Gasteiger partial charge < -0.3 is 14.6 Å². The van der Waals surface area contributed by atoms with Gasteiger partial charge in [0.25, 0.3) is 0 Å². The molecule has 0 aliphatic carbocycles. The van der Waals surface area contributed by atoms with Crippen molar-refractivity contribution < 1.29 is 41.3 Å². The predicted molar refractivity (Wildman–Crippen MR) is 140 cm³/mol. The molecule has 222 valence electrons. The highest BCUT2D eigenvalue weighted by molar-refractivity contribution is 6.00. The van der Waals surface area contributed by atoms with Gasteiger partial charge >= 0.3 is 6.36 Å². The number of carbonyl (C=O) groups excluding carboxylic acids is 1. The van der Waals surface area contributed by atoms with E-state index in [-0.39, 0.29) is 30.9 Å². The van der Waals surface area contributed by atoms with Gasteiger partial charge in [0.15, 0.2) is 5.78 Å². The van der Waals surface area contributed by atoms with Gasteiger partial charge in [0.05, 0.1) is 25.8 Å². The molecule has 13 heteroatoms. The normalized spacial score (nSPS) is 14.6. The minimum absolute atomic E-state index is 0.0327. The number of carbonyl (C=O) groups is 1. The molecule has 42 heavy (non-hydrogen) atoms. The molecule has 2 N–H and O–H groups in total. The number of rotatable bonds is 13. The van der Waals surface area contributed by atoms with Crippen LogP contribution in [0.4, 0.5) is 22.0 Å². The van der Waals surface area contributed by atoms with E-state index in [0.717, 1.165) is 29.8 Å². The van der Waals surface area contributed by atoms with Gasteiger partial charge in [0, 0.05) is 23.2 Å². The number of halogens is 5. The molecule has 0 aliphatic heterocycles. The molecule has 0 bridgehead atoms. The summed E-state index contributed by atoms with van der Waals surface area (Å²) in [6, 6.07) is 13.9. The Morgan fingerprint density at radius 3 is 2.38 bits per heavy atom. The summed E-state index contributed by atoms with van der Waals surface area (Å²) in [5.74, 6) is -2.95. The van der Waals surface area contributed by atoms with Crippen LogP contribution in [0.15, 0.2) is 85.5 Å². The number of hydrogen-bond donors (Lipinski definition) is 2. The molecule has 0 fully saturated rings. The van der Waals surface area contributed by atoms with Crippen molar-refractivity contribution in [3.63, 3.8) is 0 Å². The van der Waals surface area contributed by atoms with E-state index in [9.17, 15) is 31.9 Å². The molecule has 0 aliphatic rings. The fourth-order valence-corrected chi connectivity index (χ4v) is 4.39. The fraction of sp³-hybridized carbons (Fsp3) is 0.276. The Morgan fingerprint density at radius 2 is 1.76 bits per heavy atom. The van der Waals surface area contributed by atoms with E-state index in [2.05, 4.69) is 20.1 Å².